The molecule has 0 aromatic heterocycles. The third-order valence-electron chi connectivity index (χ3n) is 5.47. The monoisotopic (exact) mass is 430 g/mol. The minimum atomic E-state index is -0.325. The van der Waals surface area contributed by atoms with Crippen LogP contribution in [0.25, 0.3) is 0 Å². The van der Waals surface area contributed by atoms with Crippen molar-refractivity contribution < 1.29 is 9.59 Å². The van der Waals surface area contributed by atoms with E-state index in [1.807, 2.05) is 61.3 Å². The van der Waals surface area contributed by atoms with Crippen LogP contribution in [-0.4, -0.2) is 43.5 Å². The Morgan fingerprint density at radius 1 is 1.03 bits per heavy atom. The predicted molar refractivity (Wildman–Crippen MR) is 125 cm³/mol. The molecule has 0 spiro atoms. The van der Waals surface area contributed by atoms with E-state index < -0.39 is 0 Å². The lowest BCUT2D eigenvalue weighted by Crippen LogP contribution is -2.39. The molecular weight excluding hydrogens is 400 g/mol. The number of likely N-dealkylation sites (tertiary alicyclic amines) is 1. The Bertz CT molecular complexity index is 836. The fourth-order valence-corrected chi connectivity index (χ4v) is 3.65. The first-order valence-electron chi connectivity index (χ1n) is 10.2. The Morgan fingerprint density at radius 2 is 1.73 bits per heavy atom. The van der Waals surface area contributed by atoms with Gasteiger partial charge >= 0.3 is 6.03 Å². The predicted octanol–water partition coefficient (Wildman–Crippen LogP) is 4.52. The van der Waals surface area contributed by atoms with Crippen LogP contribution in [0, 0.1) is 12.8 Å². The molecule has 3 N–H and O–H groups in total. The van der Waals surface area contributed by atoms with E-state index in [1.165, 1.54) is 0 Å². The number of nitrogens with one attached hydrogen (secondary N) is 3. The maximum atomic E-state index is 12.9. The summed E-state index contributed by atoms with van der Waals surface area (Å²) in [6, 6.07) is 14.4. The molecule has 1 fully saturated rings. The Balaban J connectivity index is 0.00000320. The van der Waals surface area contributed by atoms with E-state index in [0.717, 1.165) is 50.1 Å². The van der Waals surface area contributed by atoms with Gasteiger partial charge in [0.25, 0.3) is 5.91 Å². The summed E-state index contributed by atoms with van der Waals surface area (Å²) < 4.78 is 0. The summed E-state index contributed by atoms with van der Waals surface area (Å²) in [5, 5.41) is 8.86. The number of hydrogen-bond donors (Lipinski definition) is 3. The fourth-order valence-electron chi connectivity index (χ4n) is 3.65. The molecule has 2 aromatic carbocycles. The Labute approximate surface area is 184 Å². The molecule has 1 aliphatic heterocycles. The van der Waals surface area contributed by atoms with Crippen LogP contribution in [0.4, 0.5) is 16.2 Å². The Hall–Kier alpha value is -2.57. The van der Waals surface area contributed by atoms with Crippen molar-refractivity contribution in [2.24, 2.45) is 5.92 Å². The van der Waals surface area contributed by atoms with E-state index >= 15 is 0 Å². The molecule has 1 aliphatic rings. The lowest BCUT2D eigenvalue weighted by atomic mass is 9.93. The molecule has 0 bridgehead atoms. The maximum absolute atomic E-state index is 12.9. The summed E-state index contributed by atoms with van der Waals surface area (Å²) in [5.74, 6) is 0.715. The highest BCUT2D eigenvalue weighted by molar-refractivity contribution is 6.02. The number of carbonyl (C=O) groups excluding carboxylic acids is 2. The first-order chi connectivity index (χ1) is 14.1. The largest absolute Gasteiger partial charge is 0.339 e. The third-order valence-corrected chi connectivity index (χ3v) is 5.47. The number of nitrogens with zero attached hydrogens (tertiary/aromatic N) is 1. The van der Waals surface area contributed by atoms with Crippen molar-refractivity contribution in [3.63, 3.8) is 0 Å². The zero-order chi connectivity index (χ0) is 20.6. The number of rotatable bonds is 6. The first-order valence-corrected chi connectivity index (χ1v) is 10.2. The van der Waals surface area contributed by atoms with E-state index in [-0.39, 0.29) is 24.3 Å². The molecule has 0 atom stereocenters. The topological polar surface area (TPSA) is 73.5 Å². The van der Waals surface area contributed by atoms with Crippen molar-refractivity contribution in [3.05, 3.63) is 59.7 Å². The molecule has 0 radical (unpaired) electrons. The minimum Gasteiger partial charge on any atom is -0.339 e. The lowest BCUT2D eigenvalue weighted by molar-refractivity contribution is 0.0687. The summed E-state index contributed by atoms with van der Waals surface area (Å²) in [7, 11) is 1.97. The van der Waals surface area contributed by atoms with Crippen molar-refractivity contribution in [2.75, 3.05) is 37.3 Å². The van der Waals surface area contributed by atoms with Gasteiger partial charge in [-0.25, -0.2) is 4.79 Å². The van der Waals surface area contributed by atoms with Crippen LogP contribution in [0.3, 0.4) is 0 Å². The van der Waals surface area contributed by atoms with Gasteiger partial charge in [-0.3, -0.25) is 4.79 Å². The normalized spacial score (nSPS) is 14.0. The van der Waals surface area contributed by atoms with Gasteiger partial charge in [0.2, 0.25) is 0 Å². The first kappa shape index (κ1) is 23.7. The number of amides is 3. The van der Waals surface area contributed by atoms with E-state index in [0.29, 0.717) is 17.2 Å². The van der Waals surface area contributed by atoms with Gasteiger partial charge in [0.15, 0.2) is 0 Å². The highest BCUT2D eigenvalue weighted by Crippen LogP contribution is 2.23. The van der Waals surface area contributed by atoms with Gasteiger partial charge in [-0.1, -0.05) is 24.3 Å². The van der Waals surface area contributed by atoms with Crippen LogP contribution >= 0.6 is 12.4 Å². The molecule has 3 rings (SSSR count). The highest BCUT2D eigenvalue weighted by atomic mass is 35.5. The third kappa shape index (κ3) is 6.47. The van der Waals surface area contributed by atoms with Crippen molar-refractivity contribution in [1.29, 1.82) is 0 Å². The zero-order valence-corrected chi connectivity index (χ0v) is 18.4. The number of anilines is 2. The summed E-state index contributed by atoms with van der Waals surface area (Å²) in [6.45, 7) is 4.52. The van der Waals surface area contributed by atoms with Crippen molar-refractivity contribution >= 4 is 35.7 Å². The van der Waals surface area contributed by atoms with Crippen LogP contribution in [0.15, 0.2) is 48.5 Å². The quantitative estimate of drug-likeness (QED) is 0.630. The number of benzene rings is 2. The van der Waals surface area contributed by atoms with E-state index in [9.17, 15) is 9.59 Å². The van der Waals surface area contributed by atoms with Gasteiger partial charge in [-0.15, -0.1) is 12.4 Å². The second-order valence-corrected chi connectivity index (χ2v) is 7.60. The number of carbonyl (C=O) groups is 2. The van der Waals surface area contributed by atoms with Crippen LogP contribution in [0.5, 0.6) is 0 Å². The summed E-state index contributed by atoms with van der Waals surface area (Å²) >= 11 is 0. The number of urea groups is 1. The average Bonchev–Trinajstić information content (AvgIpc) is 2.74. The number of piperidine rings is 1. The van der Waals surface area contributed by atoms with E-state index in [1.54, 1.807) is 6.07 Å². The van der Waals surface area contributed by atoms with Crippen LogP contribution < -0.4 is 16.0 Å². The number of halogens is 1. The number of para-hydroxylation sites is 1. The van der Waals surface area contributed by atoms with Gasteiger partial charge in [-0.05, 0) is 75.5 Å². The number of hydrogen-bond acceptors (Lipinski definition) is 3. The maximum Gasteiger partial charge on any atom is 0.323 e. The Morgan fingerprint density at radius 3 is 2.40 bits per heavy atom. The van der Waals surface area contributed by atoms with Crippen LogP contribution in [-0.2, 0) is 0 Å². The molecule has 6 nitrogen and oxygen atoms in total. The van der Waals surface area contributed by atoms with Crippen molar-refractivity contribution in [3.8, 4) is 0 Å². The zero-order valence-electron chi connectivity index (χ0n) is 17.6. The van der Waals surface area contributed by atoms with Crippen LogP contribution in [0.2, 0.25) is 0 Å². The second-order valence-electron chi connectivity index (χ2n) is 7.60. The molecule has 0 unspecified atom stereocenters. The molecule has 1 saturated heterocycles. The van der Waals surface area contributed by atoms with Gasteiger partial charge < -0.3 is 20.9 Å². The molecule has 7 heteroatoms. The molecular formula is C23H31ClN4O2. The van der Waals surface area contributed by atoms with Gasteiger partial charge in [0.05, 0.1) is 0 Å². The molecule has 2 aromatic rings. The smallest absolute Gasteiger partial charge is 0.323 e. The molecule has 30 heavy (non-hydrogen) atoms. The second kappa shape index (κ2) is 11.6. The number of aryl methyl sites for hydroxylation is 1. The SMILES string of the molecule is CNCCC1CCN(C(=O)c2ccc(C)c(NC(=O)Nc3ccccc3)c2)CC1.Cl. The molecule has 0 saturated carbocycles. The molecule has 3 amide bonds. The van der Waals surface area contributed by atoms with Gasteiger partial charge in [-0.2, -0.15) is 0 Å². The summed E-state index contributed by atoms with van der Waals surface area (Å²) in [5.41, 5.74) is 2.89. The van der Waals surface area contributed by atoms with Crippen molar-refractivity contribution in [2.45, 2.75) is 26.2 Å². The molecule has 0 aliphatic carbocycles. The average molecular weight is 431 g/mol. The van der Waals surface area contributed by atoms with Gasteiger partial charge in [0, 0.05) is 30.0 Å². The van der Waals surface area contributed by atoms with E-state index in [2.05, 4.69) is 16.0 Å². The van der Waals surface area contributed by atoms with Crippen molar-refractivity contribution in [1.82, 2.24) is 10.2 Å². The fraction of sp³-hybridized carbons (Fsp3) is 0.391. The Kier molecular flexibility index (Phi) is 9.15. The summed E-state index contributed by atoms with van der Waals surface area (Å²) in [4.78, 5) is 27.2. The minimum absolute atomic E-state index is 0. The lowest BCUT2D eigenvalue weighted by Gasteiger charge is -2.32. The highest BCUT2D eigenvalue weighted by Gasteiger charge is 2.23. The molecule has 1 heterocycles. The standard InChI is InChI=1S/C23H30N4O2.ClH/c1-17-8-9-19(22(28)27-14-11-18(12-15-27)10-13-24-2)16-21(17)26-23(29)25-20-6-4-3-5-7-20;/h3-9,16,18,24H,10-15H2,1-2H3,(H2,25,26,29);1H. The van der Waals surface area contributed by atoms with E-state index in [4.69, 9.17) is 0 Å². The molecule has 162 valence electrons. The summed E-state index contributed by atoms with van der Waals surface area (Å²) in [6.07, 6.45) is 3.25. The van der Waals surface area contributed by atoms with Crippen LogP contribution in [0.1, 0.15) is 35.2 Å². The van der Waals surface area contributed by atoms with Gasteiger partial charge in [0.1, 0.15) is 0 Å².